The van der Waals surface area contributed by atoms with Gasteiger partial charge in [-0.05, 0) is 73.5 Å². The highest BCUT2D eigenvalue weighted by molar-refractivity contribution is 6.18. The van der Waals surface area contributed by atoms with Crippen LogP contribution in [0.3, 0.4) is 0 Å². The molecule has 0 unspecified atom stereocenters. The molecule has 8 aromatic carbocycles. The normalized spacial score (nSPS) is 11.8. The first-order valence-corrected chi connectivity index (χ1v) is 17.9. The second kappa shape index (κ2) is 11.7. The van der Waals surface area contributed by atoms with E-state index in [1.807, 2.05) is 42.5 Å². The van der Waals surface area contributed by atoms with Gasteiger partial charge in [0.05, 0.1) is 0 Å². The molecule has 53 heavy (non-hydrogen) atoms. The number of nitrogens with zero attached hydrogens (tertiary/aromatic N) is 3. The molecule has 0 saturated carbocycles. The summed E-state index contributed by atoms with van der Waals surface area (Å²) >= 11 is 0. The van der Waals surface area contributed by atoms with Gasteiger partial charge in [-0.25, -0.2) is 15.0 Å². The van der Waals surface area contributed by atoms with Gasteiger partial charge in [-0.15, -0.1) is 0 Å². The van der Waals surface area contributed by atoms with Crippen LogP contribution in [0, 0.1) is 0 Å². The molecular formula is C49H29N3O. The van der Waals surface area contributed by atoms with Crippen molar-refractivity contribution in [3.8, 4) is 78.7 Å². The van der Waals surface area contributed by atoms with Crippen LogP contribution in [0.25, 0.3) is 111 Å². The Morgan fingerprint density at radius 2 is 0.811 bits per heavy atom. The van der Waals surface area contributed by atoms with Crippen LogP contribution in [-0.2, 0) is 0 Å². The van der Waals surface area contributed by atoms with E-state index in [0.29, 0.717) is 17.5 Å². The molecule has 0 N–H and O–H groups in total. The van der Waals surface area contributed by atoms with Gasteiger partial charge < -0.3 is 4.42 Å². The minimum atomic E-state index is 0.596. The molecule has 0 atom stereocenters. The van der Waals surface area contributed by atoms with E-state index in [2.05, 4.69) is 133 Å². The Labute approximate surface area is 305 Å². The topological polar surface area (TPSA) is 51.8 Å². The number of benzene rings is 8. The predicted octanol–water partition coefficient (Wildman–Crippen LogP) is 12.9. The lowest BCUT2D eigenvalue weighted by atomic mass is 9.93. The first-order valence-electron chi connectivity index (χ1n) is 17.9. The number of rotatable bonds is 5. The number of hydrogen-bond acceptors (Lipinski definition) is 4. The van der Waals surface area contributed by atoms with E-state index >= 15 is 0 Å². The molecule has 246 valence electrons. The molecule has 0 amide bonds. The van der Waals surface area contributed by atoms with Crippen molar-refractivity contribution in [2.75, 3.05) is 0 Å². The number of fused-ring (bicyclic) bond motifs is 6. The minimum absolute atomic E-state index is 0.596. The summed E-state index contributed by atoms with van der Waals surface area (Å²) in [5.74, 6) is 1.82. The fraction of sp³-hybridized carbons (Fsp3) is 0. The summed E-state index contributed by atoms with van der Waals surface area (Å²) in [6, 6.07) is 61.5. The summed E-state index contributed by atoms with van der Waals surface area (Å²) in [7, 11) is 0. The average molecular weight is 676 g/mol. The van der Waals surface area contributed by atoms with Gasteiger partial charge in [0.25, 0.3) is 0 Å². The molecule has 4 heteroatoms. The smallest absolute Gasteiger partial charge is 0.164 e. The SMILES string of the molecule is c1ccc(-c2ccccc2-c2nc(-c3cccc(-c4ccc5c6c(cccc46)-c4ccccc4-5)c3)nc(-c3cccc4oc5ccccc5c34)n2)cc1. The summed E-state index contributed by atoms with van der Waals surface area (Å²) in [5, 5.41) is 4.56. The summed E-state index contributed by atoms with van der Waals surface area (Å²) < 4.78 is 6.29. The molecule has 0 aliphatic heterocycles. The zero-order chi connectivity index (χ0) is 34.9. The molecule has 4 nitrogen and oxygen atoms in total. The molecule has 0 radical (unpaired) electrons. The first-order chi connectivity index (χ1) is 26.3. The highest BCUT2D eigenvalue weighted by Gasteiger charge is 2.23. The van der Waals surface area contributed by atoms with Crippen molar-refractivity contribution < 1.29 is 4.42 Å². The van der Waals surface area contributed by atoms with Crippen molar-refractivity contribution in [1.82, 2.24) is 15.0 Å². The Morgan fingerprint density at radius 1 is 0.283 bits per heavy atom. The van der Waals surface area contributed by atoms with E-state index in [4.69, 9.17) is 19.4 Å². The lowest BCUT2D eigenvalue weighted by molar-refractivity contribution is 0.669. The Balaban J connectivity index is 1.13. The third kappa shape index (κ3) is 4.66. The Kier molecular flexibility index (Phi) is 6.52. The van der Waals surface area contributed by atoms with Crippen LogP contribution in [0.15, 0.2) is 180 Å². The number of furan rings is 1. The third-order valence-corrected chi connectivity index (χ3v) is 10.5. The van der Waals surface area contributed by atoms with E-state index in [9.17, 15) is 0 Å². The van der Waals surface area contributed by atoms with Gasteiger partial charge in [-0.3, -0.25) is 0 Å². The van der Waals surface area contributed by atoms with Crippen molar-refractivity contribution in [3.05, 3.63) is 176 Å². The molecule has 0 bridgehead atoms. The minimum Gasteiger partial charge on any atom is -0.456 e. The molecule has 11 rings (SSSR count). The third-order valence-electron chi connectivity index (χ3n) is 10.5. The predicted molar refractivity (Wildman–Crippen MR) is 216 cm³/mol. The molecule has 1 aliphatic carbocycles. The first kappa shape index (κ1) is 29.5. The summed E-state index contributed by atoms with van der Waals surface area (Å²) in [6.07, 6.45) is 0. The molecule has 2 heterocycles. The second-order valence-corrected chi connectivity index (χ2v) is 13.5. The van der Waals surface area contributed by atoms with E-state index in [0.717, 1.165) is 55.3 Å². The van der Waals surface area contributed by atoms with Gasteiger partial charge >= 0.3 is 0 Å². The number of aromatic nitrogens is 3. The van der Waals surface area contributed by atoms with Crippen LogP contribution in [0.5, 0.6) is 0 Å². The largest absolute Gasteiger partial charge is 0.456 e. The maximum Gasteiger partial charge on any atom is 0.164 e. The van der Waals surface area contributed by atoms with Gasteiger partial charge in [0.2, 0.25) is 0 Å². The molecule has 0 fully saturated rings. The average Bonchev–Trinajstić information content (AvgIpc) is 3.78. The Morgan fingerprint density at radius 3 is 1.66 bits per heavy atom. The molecular weight excluding hydrogens is 647 g/mol. The summed E-state index contributed by atoms with van der Waals surface area (Å²) in [5.41, 5.74) is 14.0. The van der Waals surface area contributed by atoms with Crippen LogP contribution >= 0.6 is 0 Å². The van der Waals surface area contributed by atoms with Crippen molar-refractivity contribution in [2.24, 2.45) is 0 Å². The zero-order valence-corrected chi connectivity index (χ0v) is 28.5. The molecule has 10 aromatic rings. The van der Waals surface area contributed by atoms with Crippen LogP contribution in [-0.4, -0.2) is 15.0 Å². The van der Waals surface area contributed by atoms with Gasteiger partial charge in [-0.2, -0.15) is 0 Å². The van der Waals surface area contributed by atoms with Gasteiger partial charge in [0.15, 0.2) is 17.5 Å². The fourth-order valence-corrected chi connectivity index (χ4v) is 8.14. The van der Waals surface area contributed by atoms with Gasteiger partial charge in [-0.1, -0.05) is 158 Å². The van der Waals surface area contributed by atoms with Crippen molar-refractivity contribution in [2.45, 2.75) is 0 Å². The van der Waals surface area contributed by atoms with Crippen molar-refractivity contribution in [3.63, 3.8) is 0 Å². The number of hydrogen-bond donors (Lipinski definition) is 0. The van der Waals surface area contributed by atoms with Crippen molar-refractivity contribution in [1.29, 1.82) is 0 Å². The molecule has 0 saturated heterocycles. The maximum atomic E-state index is 6.29. The number of para-hydroxylation sites is 1. The second-order valence-electron chi connectivity index (χ2n) is 13.5. The summed E-state index contributed by atoms with van der Waals surface area (Å²) in [6.45, 7) is 0. The van der Waals surface area contributed by atoms with E-state index < -0.39 is 0 Å². The Hall–Kier alpha value is -7.17. The zero-order valence-electron chi connectivity index (χ0n) is 28.5. The quantitative estimate of drug-likeness (QED) is 0.182. The fourth-order valence-electron chi connectivity index (χ4n) is 8.14. The van der Waals surface area contributed by atoms with Gasteiger partial charge in [0.1, 0.15) is 11.2 Å². The molecule has 2 aromatic heterocycles. The molecule has 1 aliphatic rings. The standard InChI is InChI=1S/C49H29N3O/c1-2-13-30(14-3-1)33-17-4-7-20-40(33)48-50-47(51-49(52-48)42-24-12-26-44-46(42)41-21-8-9-25-43(41)53-44)32-16-10-15-31(29-32)34-27-28-39-36-19-6-5-18-35(36)38-23-11-22-37(34)45(38)39/h1-29H. The van der Waals surface area contributed by atoms with E-state index in [1.165, 1.54) is 38.6 Å². The maximum absolute atomic E-state index is 6.29. The monoisotopic (exact) mass is 675 g/mol. The van der Waals surface area contributed by atoms with Crippen LogP contribution in [0.4, 0.5) is 0 Å². The highest BCUT2D eigenvalue weighted by atomic mass is 16.3. The van der Waals surface area contributed by atoms with Crippen LogP contribution in [0.1, 0.15) is 0 Å². The molecule has 0 spiro atoms. The Bertz CT molecular complexity index is 3040. The lowest BCUT2D eigenvalue weighted by Gasteiger charge is -2.13. The summed E-state index contributed by atoms with van der Waals surface area (Å²) in [4.78, 5) is 15.7. The van der Waals surface area contributed by atoms with E-state index in [1.54, 1.807) is 0 Å². The van der Waals surface area contributed by atoms with E-state index in [-0.39, 0.29) is 0 Å². The van der Waals surface area contributed by atoms with Crippen molar-refractivity contribution >= 4 is 32.7 Å². The van der Waals surface area contributed by atoms with Gasteiger partial charge in [0, 0.05) is 27.5 Å². The van der Waals surface area contributed by atoms with Crippen LogP contribution in [0.2, 0.25) is 0 Å². The van der Waals surface area contributed by atoms with Crippen LogP contribution < -0.4 is 0 Å². The highest BCUT2D eigenvalue weighted by Crippen LogP contribution is 2.49. The lowest BCUT2D eigenvalue weighted by Crippen LogP contribution is -2.01.